The number of carbonyl (C=O) groups is 1. The zero-order chi connectivity index (χ0) is 20.0. The summed E-state index contributed by atoms with van der Waals surface area (Å²) in [4.78, 5) is 16.9. The van der Waals surface area contributed by atoms with Gasteiger partial charge in [-0.2, -0.15) is 4.98 Å². The van der Waals surface area contributed by atoms with Crippen LogP contribution in [0.1, 0.15) is 24.1 Å². The fourth-order valence-electron chi connectivity index (χ4n) is 3.40. The van der Waals surface area contributed by atoms with Crippen LogP contribution in [-0.2, 0) is 4.79 Å². The van der Waals surface area contributed by atoms with Crippen LogP contribution in [0, 0.1) is 6.92 Å². The van der Waals surface area contributed by atoms with Crippen molar-refractivity contribution in [2.45, 2.75) is 19.9 Å². The number of anilines is 1. The number of rotatable bonds is 3. The fraction of sp³-hybridized carbons (Fsp3) is 0.150. The molecular formula is C20H17Cl2N5O. The summed E-state index contributed by atoms with van der Waals surface area (Å²) in [6.45, 7) is 3.78. The van der Waals surface area contributed by atoms with Crippen molar-refractivity contribution in [1.82, 2.24) is 14.8 Å². The van der Waals surface area contributed by atoms with Gasteiger partial charge in [-0.15, -0.1) is 5.10 Å². The third-order valence-electron chi connectivity index (χ3n) is 4.67. The Morgan fingerprint density at radius 3 is 2.64 bits per heavy atom. The molecule has 1 aliphatic heterocycles. The molecule has 0 fully saturated rings. The number of halogens is 2. The maximum atomic E-state index is 12.3. The molecule has 1 unspecified atom stereocenters. The van der Waals surface area contributed by atoms with E-state index in [9.17, 15) is 4.79 Å². The van der Waals surface area contributed by atoms with Gasteiger partial charge in [0.25, 0.3) is 0 Å². The Balaban J connectivity index is 1.93. The summed E-state index contributed by atoms with van der Waals surface area (Å²) in [6.07, 6.45) is 0. The number of nitrogens with zero attached hydrogens (tertiary/aromatic N) is 3. The molecule has 1 aromatic heterocycles. The Labute approximate surface area is 172 Å². The molecule has 1 amide bonds. The molecule has 0 spiro atoms. The molecule has 0 bridgehead atoms. The number of primary amides is 1. The van der Waals surface area contributed by atoms with Crippen LogP contribution in [0.3, 0.4) is 0 Å². The summed E-state index contributed by atoms with van der Waals surface area (Å²) in [6, 6.07) is 12.5. The number of amides is 1. The molecule has 3 aromatic rings. The highest BCUT2D eigenvalue weighted by Crippen LogP contribution is 2.40. The lowest BCUT2D eigenvalue weighted by Crippen LogP contribution is -2.32. The average Bonchev–Trinajstić information content (AvgIpc) is 3.06. The Morgan fingerprint density at radius 1 is 1.18 bits per heavy atom. The van der Waals surface area contributed by atoms with E-state index >= 15 is 0 Å². The van der Waals surface area contributed by atoms with Crippen LogP contribution in [0.4, 0.5) is 5.95 Å². The van der Waals surface area contributed by atoms with Crippen molar-refractivity contribution >= 4 is 35.1 Å². The van der Waals surface area contributed by atoms with Crippen molar-refractivity contribution in [3.63, 3.8) is 0 Å². The summed E-state index contributed by atoms with van der Waals surface area (Å²) < 4.78 is 1.63. The number of carbonyl (C=O) groups excluding carboxylic acids is 1. The number of fused-ring (bicyclic) bond motifs is 1. The molecule has 0 aliphatic carbocycles. The minimum atomic E-state index is -0.633. The highest BCUT2D eigenvalue weighted by molar-refractivity contribution is 6.42. The lowest BCUT2D eigenvalue weighted by atomic mass is 9.95. The van der Waals surface area contributed by atoms with Crippen molar-refractivity contribution in [2.24, 2.45) is 5.73 Å². The molecular weight excluding hydrogens is 397 g/mol. The highest BCUT2D eigenvalue weighted by Gasteiger charge is 2.34. The van der Waals surface area contributed by atoms with Gasteiger partial charge >= 0.3 is 0 Å². The molecule has 1 aliphatic rings. The smallest absolute Gasteiger partial charge is 0.248 e. The number of hydrogen-bond acceptors (Lipinski definition) is 4. The molecule has 3 N–H and O–H groups in total. The quantitative estimate of drug-likeness (QED) is 0.668. The summed E-state index contributed by atoms with van der Waals surface area (Å²) in [5.74, 6) is 0.470. The molecule has 1 atom stereocenters. The van der Waals surface area contributed by atoms with E-state index in [1.807, 2.05) is 31.2 Å². The van der Waals surface area contributed by atoms with E-state index in [1.54, 1.807) is 29.8 Å². The Hall–Kier alpha value is -2.83. The third-order valence-corrected chi connectivity index (χ3v) is 5.50. The van der Waals surface area contributed by atoms with Gasteiger partial charge in [0.05, 0.1) is 15.6 Å². The van der Waals surface area contributed by atoms with Gasteiger partial charge in [0.15, 0.2) is 5.82 Å². The number of hydrogen-bond donors (Lipinski definition) is 2. The van der Waals surface area contributed by atoms with Gasteiger partial charge in [0, 0.05) is 16.8 Å². The topological polar surface area (TPSA) is 85.8 Å². The first-order valence-electron chi connectivity index (χ1n) is 8.62. The molecule has 0 saturated heterocycles. The van der Waals surface area contributed by atoms with Crippen LogP contribution in [-0.4, -0.2) is 20.7 Å². The summed E-state index contributed by atoms with van der Waals surface area (Å²) in [7, 11) is 0. The fourth-order valence-corrected chi connectivity index (χ4v) is 3.81. The molecule has 8 heteroatoms. The molecule has 6 nitrogen and oxygen atoms in total. The zero-order valence-electron chi connectivity index (χ0n) is 15.2. The van der Waals surface area contributed by atoms with E-state index < -0.39 is 11.9 Å². The van der Waals surface area contributed by atoms with Crippen LogP contribution in [0.2, 0.25) is 10.0 Å². The van der Waals surface area contributed by atoms with E-state index in [4.69, 9.17) is 28.9 Å². The molecule has 28 heavy (non-hydrogen) atoms. The van der Waals surface area contributed by atoms with E-state index in [2.05, 4.69) is 15.4 Å². The summed E-state index contributed by atoms with van der Waals surface area (Å²) in [5.41, 5.74) is 9.25. The van der Waals surface area contributed by atoms with Crippen molar-refractivity contribution in [3.8, 4) is 11.4 Å². The first-order chi connectivity index (χ1) is 13.4. The second-order valence-corrected chi connectivity index (χ2v) is 7.43. The molecule has 2 aromatic carbocycles. The van der Waals surface area contributed by atoms with Crippen molar-refractivity contribution in [2.75, 3.05) is 5.32 Å². The minimum Gasteiger partial charge on any atom is -0.366 e. The molecule has 142 valence electrons. The number of benzene rings is 2. The van der Waals surface area contributed by atoms with Gasteiger partial charge < -0.3 is 11.1 Å². The predicted octanol–water partition coefficient (Wildman–Crippen LogP) is 4.33. The second-order valence-electron chi connectivity index (χ2n) is 6.65. The third kappa shape index (κ3) is 3.04. The van der Waals surface area contributed by atoms with E-state index in [1.165, 1.54) is 0 Å². The average molecular weight is 414 g/mol. The van der Waals surface area contributed by atoms with Crippen molar-refractivity contribution in [3.05, 3.63) is 74.9 Å². The molecule has 0 saturated carbocycles. The van der Waals surface area contributed by atoms with Gasteiger partial charge in [-0.3, -0.25) is 4.79 Å². The monoisotopic (exact) mass is 413 g/mol. The highest BCUT2D eigenvalue weighted by atomic mass is 35.5. The summed E-state index contributed by atoms with van der Waals surface area (Å²) >= 11 is 12.7. The molecule has 4 rings (SSSR count). The van der Waals surface area contributed by atoms with Gasteiger partial charge in [0.1, 0.15) is 6.04 Å². The zero-order valence-corrected chi connectivity index (χ0v) is 16.7. The lowest BCUT2D eigenvalue weighted by Gasteiger charge is -2.28. The minimum absolute atomic E-state index is 0.348. The standard InChI is InChI=1S/C20H17Cl2N5O/c1-10-5-3-6-12(9-10)19-25-20-24-11(2)15(18(23)28)17(27(20)26-19)13-7-4-8-14(21)16(13)22/h3-9,17H,1-2H3,(H2,23,28)(H,24,25,26). The maximum Gasteiger partial charge on any atom is 0.248 e. The Kier molecular flexibility index (Phi) is 4.61. The van der Waals surface area contributed by atoms with E-state index in [-0.39, 0.29) is 0 Å². The lowest BCUT2D eigenvalue weighted by molar-refractivity contribution is -0.115. The number of nitrogens with one attached hydrogen (secondary N) is 1. The second kappa shape index (κ2) is 6.96. The van der Waals surface area contributed by atoms with Gasteiger partial charge in [0.2, 0.25) is 11.9 Å². The van der Waals surface area contributed by atoms with Crippen LogP contribution in [0.15, 0.2) is 53.7 Å². The first kappa shape index (κ1) is 18.5. The van der Waals surface area contributed by atoms with E-state index in [0.717, 1.165) is 11.1 Å². The van der Waals surface area contributed by atoms with Crippen LogP contribution < -0.4 is 11.1 Å². The van der Waals surface area contributed by atoms with Crippen molar-refractivity contribution < 1.29 is 4.79 Å². The van der Waals surface area contributed by atoms with E-state index in [0.29, 0.717) is 38.7 Å². The predicted molar refractivity (Wildman–Crippen MR) is 110 cm³/mol. The number of allylic oxidation sites excluding steroid dienone is 1. The summed E-state index contributed by atoms with van der Waals surface area (Å²) in [5, 5.41) is 8.52. The largest absolute Gasteiger partial charge is 0.366 e. The van der Waals surface area contributed by atoms with Crippen molar-refractivity contribution in [1.29, 1.82) is 0 Å². The van der Waals surface area contributed by atoms with Gasteiger partial charge in [-0.05, 0) is 26.0 Å². The number of aryl methyl sites for hydroxylation is 1. The molecule has 2 heterocycles. The van der Waals surface area contributed by atoms with Crippen LogP contribution in [0.5, 0.6) is 0 Å². The van der Waals surface area contributed by atoms with Crippen LogP contribution in [0.25, 0.3) is 11.4 Å². The molecule has 0 radical (unpaired) electrons. The normalized spacial score (nSPS) is 15.9. The van der Waals surface area contributed by atoms with Gasteiger partial charge in [-0.1, -0.05) is 59.1 Å². The Bertz CT molecular complexity index is 1140. The maximum absolute atomic E-state index is 12.3. The number of aromatic nitrogens is 3. The van der Waals surface area contributed by atoms with Crippen LogP contribution >= 0.6 is 23.2 Å². The Morgan fingerprint density at radius 2 is 1.93 bits per heavy atom. The first-order valence-corrected chi connectivity index (χ1v) is 9.37. The number of nitrogens with two attached hydrogens (primary N) is 1. The SMILES string of the molecule is CC1=C(C(N)=O)C(c2cccc(Cl)c2Cl)n2nc(-c3cccc(C)c3)nc2N1. The van der Waals surface area contributed by atoms with Gasteiger partial charge in [-0.25, -0.2) is 4.68 Å².